The molecule has 0 aliphatic heterocycles. The van der Waals surface area contributed by atoms with Gasteiger partial charge in [-0.2, -0.15) is 0 Å². The number of para-hydroxylation sites is 2. The molecule has 6 nitrogen and oxygen atoms in total. The smallest absolute Gasteiger partial charge is 0.193 e. The number of halogens is 1. The van der Waals surface area contributed by atoms with Gasteiger partial charge in [0.2, 0.25) is 0 Å². The third-order valence-electron chi connectivity index (χ3n) is 2.94. The number of hydrogen-bond donors (Lipinski definition) is 2. The van der Waals surface area contributed by atoms with Gasteiger partial charge in [0.05, 0.1) is 29.8 Å². The molecule has 0 heterocycles. The van der Waals surface area contributed by atoms with Gasteiger partial charge >= 0.3 is 0 Å². The highest BCUT2D eigenvalue weighted by atomic mass is 127. The average molecular weight is 441 g/mol. The quantitative estimate of drug-likeness (QED) is 0.416. The van der Waals surface area contributed by atoms with Crippen LogP contribution >= 0.6 is 24.0 Å². The van der Waals surface area contributed by atoms with Crippen molar-refractivity contribution in [3.8, 4) is 5.75 Å². The largest absolute Gasteiger partial charge is 0.495 e. The van der Waals surface area contributed by atoms with Crippen LogP contribution < -0.4 is 15.8 Å². The zero-order valence-electron chi connectivity index (χ0n) is 13.3. The number of nitrogens with two attached hydrogens (primary N) is 1. The van der Waals surface area contributed by atoms with E-state index in [9.17, 15) is 8.42 Å². The maximum Gasteiger partial charge on any atom is 0.193 e. The monoisotopic (exact) mass is 441 g/mol. The third kappa shape index (κ3) is 5.99. The zero-order chi connectivity index (χ0) is 16.1. The molecule has 0 amide bonds. The van der Waals surface area contributed by atoms with Gasteiger partial charge in [-0.1, -0.05) is 12.1 Å². The summed E-state index contributed by atoms with van der Waals surface area (Å²) in [5.74, 6) is 0.756. The maximum atomic E-state index is 11.9. The lowest BCUT2D eigenvalue weighted by atomic mass is 10.3. The Bertz CT molecular complexity index is 610. The zero-order valence-corrected chi connectivity index (χ0v) is 16.4. The van der Waals surface area contributed by atoms with E-state index in [2.05, 4.69) is 10.3 Å². The first-order valence-electron chi connectivity index (χ1n) is 6.59. The number of nitrogens with one attached hydrogen (secondary N) is 1. The van der Waals surface area contributed by atoms with E-state index >= 15 is 0 Å². The van der Waals surface area contributed by atoms with E-state index in [1.165, 1.54) is 0 Å². The number of rotatable bonds is 5. The first kappa shape index (κ1) is 21.0. The molecule has 0 saturated heterocycles. The number of hydrogen-bond acceptors (Lipinski definition) is 4. The highest BCUT2D eigenvalue weighted by Gasteiger charge is 2.28. The Hall–Kier alpha value is -1.03. The van der Waals surface area contributed by atoms with Gasteiger partial charge in [-0.15, -0.1) is 24.0 Å². The normalized spacial score (nSPS) is 12.5. The summed E-state index contributed by atoms with van der Waals surface area (Å²) in [5, 5.41) is 2.89. The third-order valence-corrected chi connectivity index (χ3v) is 5.53. The average Bonchev–Trinajstić information content (AvgIpc) is 2.37. The van der Waals surface area contributed by atoms with Crippen molar-refractivity contribution < 1.29 is 13.2 Å². The number of sulfone groups is 1. The number of methoxy groups -OCH3 is 1. The van der Waals surface area contributed by atoms with E-state index in [4.69, 9.17) is 10.5 Å². The SMILES string of the molecule is COc1ccccc1NC(N)=NCCS(=O)(=O)C(C)(C)C.I. The Morgan fingerprint density at radius 3 is 2.45 bits per heavy atom. The molecule has 0 aliphatic carbocycles. The van der Waals surface area contributed by atoms with Gasteiger partial charge < -0.3 is 15.8 Å². The first-order valence-corrected chi connectivity index (χ1v) is 8.25. The van der Waals surface area contributed by atoms with Crippen LogP contribution in [0.4, 0.5) is 5.69 Å². The lowest BCUT2D eigenvalue weighted by Crippen LogP contribution is -2.32. The van der Waals surface area contributed by atoms with Gasteiger partial charge in [-0.05, 0) is 32.9 Å². The van der Waals surface area contributed by atoms with Crippen molar-refractivity contribution in [3.63, 3.8) is 0 Å². The maximum absolute atomic E-state index is 11.9. The summed E-state index contributed by atoms with van der Waals surface area (Å²) < 4.78 is 28.3. The van der Waals surface area contributed by atoms with Crippen LogP contribution in [0.25, 0.3) is 0 Å². The second-order valence-corrected chi connectivity index (χ2v) is 8.39. The number of aliphatic imine (C=N–C) groups is 1. The molecule has 0 aromatic heterocycles. The van der Waals surface area contributed by atoms with Gasteiger partial charge in [0, 0.05) is 0 Å². The summed E-state index contributed by atoms with van der Waals surface area (Å²) in [6.07, 6.45) is 0. The van der Waals surface area contributed by atoms with Gasteiger partial charge in [0.25, 0.3) is 0 Å². The molecule has 0 unspecified atom stereocenters. The van der Waals surface area contributed by atoms with Crippen LogP contribution in [0.3, 0.4) is 0 Å². The molecule has 0 aliphatic rings. The number of ether oxygens (including phenoxy) is 1. The molecular formula is C14H24IN3O3S. The van der Waals surface area contributed by atoms with Crippen LogP contribution in [-0.4, -0.2) is 38.5 Å². The van der Waals surface area contributed by atoms with Crippen molar-refractivity contribution in [2.45, 2.75) is 25.5 Å². The summed E-state index contributed by atoms with van der Waals surface area (Å²) in [7, 11) is -1.63. The first-order chi connectivity index (χ1) is 9.67. The van der Waals surface area contributed by atoms with Crippen molar-refractivity contribution in [2.75, 3.05) is 24.7 Å². The van der Waals surface area contributed by atoms with E-state index in [0.717, 1.165) is 0 Å². The summed E-state index contributed by atoms with van der Waals surface area (Å²) in [6, 6.07) is 7.27. The van der Waals surface area contributed by atoms with Crippen molar-refractivity contribution in [1.29, 1.82) is 0 Å². The fourth-order valence-electron chi connectivity index (χ4n) is 1.52. The topological polar surface area (TPSA) is 93.8 Å². The molecular weight excluding hydrogens is 417 g/mol. The number of anilines is 1. The van der Waals surface area contributed by atoms with Crippen molar-refractivity contribution >= 4 is 45.5 Å². The molecule has 3 N–H and O–H groups in total. The number of benzene rings is 1. The van der Waals surface area contributed by atoms with Gasteiger partial charge in [-0.25, -0.2) is 8.42 Å². The van der Waals surface area contributed by atoms with Crippen molar-refractivity contribution in [1.82, 2.24) is 0 Å². The molecule has 0 fully saturated rings. The van der Waals surface area contributed by atoms with Crippen molar-refractivity contribution in [3.05, 3.63) is 24.3 Å². The summed E-state index contributed by atoms with van der Waals surface area (Å²) in [4.78, 5) is 4.04. The Balaban J connectivity index is 0.00000441. The van der Waals surface area contributed by atoms with Crippen LogP contribution in [0, 0.1) is 0 Å². The lowest BCUT2D eigenvalue weighted by molar-refractivity contribution is 0.417. The predicted molar refractivity (Wildman–Crippen MR) is 102 cm³/mol. The van der Waals surface area contributed by atoms with E-state index in [1.807, 2.05) is 12.1 Å². The molecule has 1 aromatic carbocycles. The second kappa shape index (κ2) is 8.56. The van der Waals surface area contributed by atoms with Crippen molar-refractivity contribution in [2.24, 2.45) is 10.7 Å². The van der Waals surface area contributed by atoms with Gasteiger partial charge in [0.1, 0.15) is 5.75 Å². The highest BCUT2D eigenvalue weighted by molar-refractivity contribution is 14.0. The second-order valence-electron chi connectivity index (χ2n) is 5.52. The van der Waals surface area contributed by atoms with Crippen LogP contribution in [0.2, 0.25) is 0 Å². The van der Waals surface area contributed by atoms with E-state index in [0.29, 0.717) is 11.4 Å². The molecule has 1 rings (SSSR count). The molecule has 22 heavy (non-hydrogen) atoms. The number of guanidine groups is 1. The summed E-state index contributed by atoms with van der Waals surface area (Å²) in [6.45, 7) is 5.13. The van der Waals surface area contributed by atoms with E-state index in [1.54, 1.807) is 40.0 Å². The molecule has 0 saturated carbocycles. The Morgan fingerprint density at radius 1 is 1.32 bits per heavy atom. The highest BCUT2D eigenvalue weighted by Crippen LogP contribution is 2.22. The molecule has 0 radical (unpaired) electrons. The summed E-state index contributed by atoms with van der Waals surface area (Å²) >= 11 is 0. The molecule has 0 bridgehead atoms. The Labute approximate surface area is 149 Å². The predicted octanol–water partition coefficient (Wildman–Crippen LogP) is 2.25. The fraction of sp³-hybridized carbons (Fsp3) is 0.500. The van der Waals surface area contributed by atoms with Gasteiger partial charge in [-0.3, -0.25) is 4.99 Å². The van der Waals surface area contributed by atoms with Crippen LogP contribution in [0.1, 0.15) is 20.8 Å². The van der Waals surface area contributed by atoms with E-state index < -0.39 is 14.6 Å². The molecule has 0 atom stereocenters. The minimum atomic E-state index is -3.19. The molecule has 1 aromatic rings. The van der Waals surface area contributed by atoms with E-state index in [-0.39, 0.29) is 42.2 Å². The standard InChI is InChI=1S/C14H23N3O3S.HI/c1-14(2,3)21(18,19)10-9-16-13(15)17-11-7-5-6-8-12(11)20-4;/h5-8H,9-10H2,1-4H3,(H3,15,16,17);1H. The van der Waals surface area contributed by atoms with Crippen LogP contribution in [0.5, 0.6) is 5.75 Å². The lowest BCUT2D eigenvalue weighted by Gasteiger charge is -2.18. The Morgan fingerprint density at radius 2 is 1.91 bits per heavy atom. The number of nitrogens with zero attached hydrogens (tertiary/aromatic N) is 1. The molecule has 8 heteroatoms. The van der Waals surface area contributed by atoms with Crippen LogP contribution in [0.15, 0.2) is 29.3 Å². The molecule has 126 valence electrons. The molecule has 0 spiro atoms. The minimum absolute atomic E-state index is 0. The fourth-order valence-corrected chi connectivity index (χ4v) is 2.46. The minimum Gasteiger partial charge on any atom is -0.495 e. The Kier molecular flexibility index (Phi) is 8.16. The van der Waals surface area contributed by atoms with Gasteiger partial charge in [0.15, 0.2) is 15.8 Å². The summed E-state index contributed by atoms with van der Waals surface area (Å²) in [5.41, 5.74) is 6.44. The van der Waals surface area contributed by atoms with Crippen LogP contribution in [-0.2, 0) is 9.84 Å².